The summed E-state index contributed by atoms with van der Waals surface area (Å²) >= 11 is 0. The summed E-state index contributed by atoms with van der Waals surface area (Å²) in [5, 5.41) is 12.8. The standard InChI is InChI=1S/C18H15P.C8H16O2/c1-4-10-16(11-5-1)19(17-12-6-2-7-13-17)18-14-8-3-9-15-18;1-3-5-6-7(4-2)8(9)10/h1-15H;7H,3-6H2,1-2H3,(H,9,10). The van der Waals surface area contributed by atoms with E-state index in [4.69, 9.17) is 5.11 Å². The van der Waals surface area contributed by atoms with E-state index in [2.05, 4.69) is 97.9 Å². The number of unbranched alkanes of at least 4 members (excludes halogenated alkanes) is 1. The molecule has 0 radical (unpaired) electrons. The molecule has 0 bridgehead atoms. The van der Waals surface area contributed by atoms with Crippen molar-refractivity contribution in [3.05, 3.63) is 91.0 Å². The average Bonchev–Trinajstić information content (AvgIpc) is 2.77. The smallest absolute Gasteiger partial charge is 0.306 e. The Morgan fingerprint density at radius 3 is 1.41 bits per heavy atom. The fourth-order valence-electron chi connectivity index (χ4n) is 3.13. The molecule has 0 aromatic heterocycles. The Kier molecular flexibility index (Phi) is 10.2. The van der Waals surface area contributed by atoms with Gasteiger partial charge in [0.15, 0.2) is 0 Å². The lowest BCUT2D eigenvalue weighted by Gasteiger charge is -2.18. The molecule has 0 spiro atoms. The van der Waals surface area contributed by atoms with Crippen molar-refractivity contribution in [2.75, 3.05) is 0 Å². The maximum Gasteiger partial charge on any atom is 0.306 e. The molecule has 0 aliphatic carbocycles. The molecule has 0 saturated heterocycles. The van der Waals surface area contributed by atoms with Gasteiger partial charge in [-0.15, -0.1) is 0 Å². The third kappa shape index (κ3) is 7.48. The summed E-state index contributed by atoms with van der Waals surface area (Å²) in [5.41, 5.74) is 0. The van der Waals surface area contributed by atoms with Crippen molar-refractivity contribution in [3.8, 4) is 0 Å². The highest BCUT2D eigenvalue weighted by molar-refractivity contribution is 7.79. The predicted molar refractivity (Wildman–Crippen MR) is 126 cm³/mol. The van der Waals surface area contributed by atoms with E-state index in [0.717, 1.165) is 25.7 Å². The lowest BCUT2D eigenvalue weighted by molar-refractivity contribution is -0.142. The molecule has 3 aromatic carbocycles. The predicted octanol–water partition coefficient (Wildman–Crippen LogP) is 5.73. The molecule has 1 atom stereocenters. The van der Waals surface area contributed by atoms with Gasteiger partial charge in [0.1, 0.15) is 0 Å². The van der Waals surface area contributed by atoms with Crippen LogP contribution in [0.5, 0.6) is 0 Å². The van der Waals surface area contributed by atoms with Crippen LogP contribution in [0, 0.1) is 5.92 Å². The topological polar surface area (TPSA) is 37.3 Å². The van der Waals surface area contributed by atoms with Crippen LogP contribution in [0.1, 0.15) is 39.5 Å². The van der Waals surface area contributed by atoms with Gasteiger partial charge >= 0.3 is 5.97 Å². The summed E-state index contributed by atoms with van der Waals surface area (Å²) in [7, 11) is -0.446. The summed E-state index contributed by atoms with van der Waals surface area (Å²) < 4.78 is 0. The number of rotatable bonds is 8. The molecule has 0 aliphatic rings. The summed E-state index contributed by atoms with van der Waals surface area (Å²) in [4.78, 5) is 10.4. The average molecular weight is 407 g/mol. The fraction of sp³-hybridized carbons (Fsp3) is 0.269. The quantitative estimate of drug-likeness (QED) is 0.485. The Labute approximate surface area is 176 Å². The first kappa shape index (κ1) is 22.8. The molecule has 0 aliphatic heterocycles. The van der Waals surface area contributed by atoms with E-state index < -0.39 is 13.9 Å². The van der Waals surface area contributed by atoms with Gasteiger partial charge in [-0.1, -0.05) is 118 Å². The van der Waals surface area contributed by atoms with Gasteiger partial charge in [0.2, 0.25) is 0 Å². The van der Waals surface area contributed by atoms with Gasteiger partial charge in [-0.2, -0.15) is 0 Å². The normalized spacial score (nSPS) is 11.4. The minimum atomic E-state index is -0.643. The molecular weight excluding hydrogens is 375 g/mol. The van der Waals surface area contributed by atoms with E-state index in [0.29, 0.717) is 0 Å². The van der Waals surface area contributed by atoms with Crippen LogP contribution in [0.15, 0.2) is 91.0 Å². The highest BCUT2D eigenvalue weighted by Gasteiger charge is 2.15. The van der Waals surface area contributed by atoms with Crippen molar-refractivity contribution < 1.29 is 9.90 Å². The van der Waals surface area contributed by atoms with E-state index in [9.17, 15) is 4.79 Å². The van der Waals surface area contributed by atoms with Gasteiger partial charge in [0.05, 0.1) is 5.92 Å². The lowest BCUT2D eigenvalue weighted by Crippen LogP contribution is -2.20. The van der Waals surface area contributed by atoms with Gasteiger partial charge in [-0.3, -0.25) is 4.79 Å². The molecule has 3 aromatic rings. The molecule has 152 valence electrons. The first-order chi connectivity index (χ1) is 14.2. The van der Waals surface area contributed by atoms with Crippen molar-refractivity contribution in [2.24, 2.45) is 5.92 Å². The molecule has 0 amide bonds. The van der Waals surface area contributed by atoms with Gasteiger partial charge in [0, 0.05) is 0 Å². The number of carboxylic acids is 1. The second-order valence-corrected chi connectivity index (χ2v) is 9.15. The molecule has 2 nitrogen and oxygen atoms in total. The summed E-state index contributed by atoms with van der Waals surface area (Å²) in [5.74, 6) is -0.754. The summed E-state index contributed by atoms with van der Waals surface area (Å²) in [6, 6.07) is 32.3. The van der Waals surface area contributed by atoms with E-state index in [1.165, 1.54) is 15.9 Å². The molecular formula is C26H31O2P. The monoisotopic (exact) mass is 406 g/mol. The first-order valence-electron chi connectivity index (χ1n) is 10.3. The first-order valence-corrected chi connectivity index (χ1v) is 11.7. The summed E-state index contributed by atoms with van der Waals surface area (Å²) in [6.07, 6.45) is 3.71. The van der Waals surface area contributed by atoms with Crippen LogP contribution in [0.3, 0.4) is 0 Å². The van der Waals surface area contributed by atoms with Crippen LogP contribution in [0.25, 0.3) is 0 Å². The van der Waals surface area contributed by atoms with Gasteiger partial charge in [0.25, 0.3) is 0 Å². The van der Waals surface area contributed by atoms with E-state index >= 15 is 0 Å². The lowest BCUT2D eigenvalue weighted by atomic mass is 10.00. The molecule has 3 heteroatoms. The Balaban J connectivity index is 0.000000257. The molecule has 3 rings (SSSR count). The van der Waals surface area contributed by atoms with Crippen molar-refractivity contribution in [1.29, 1.82) is 0 Å². The SMILES string of the molecule is CCCCC(CC)C(=O)O.c1ccc(P(c2ccccc2)c2ccccc2)cc1. The highest BCUT2D eigenvalue weighted by Crippen LogP contribution is 2.32. The number of benzene rings is 3. The van der Waals surface area contributed by atoms with Crippen LogP contribution in [0.2, 0.25) is 0 Å². The Bertz CT molecular complexity index is 725. The molecule has 1 unspecified atom stereocenters. The zero-order valence-electron chi connectivity index (χ0n) is 17.4. The maximum atomic E-state index is 10.4. The third-order valence-corrected chi connectivity index (χ3v) is 7.23. The molecule has 29 heavy (non-hydrogen) atoms. The van der Waals surface area contributed by atoms with Crippen molar-refractivity contribution in [2.45, 2.75) is 39.5 Å². The highest BCUT2D eigenvalue weighted by atomic mass is 31.1. The third-order valence-electron chi connectivity index (χ3n) is 4.79. The van der Waals surface area contributed by atoms with E-state index in [-0.39, 0.29) is 5.92 Å². The van der Waals surface area contributed by atoms with Gasteiger partial charge < -0.3 is 5.11 Å². The number of hydrogen-bond donors (Lipinski definition) is 1. The van der Waals surface area contributed by atoms with Crippen LogP contribution in [0.4, 0.5) is 0 Å². The molecule has 1 N–H and O–H groups in total. The summed E-state index contributed by atoms with van der Waals surface area (Å²) in [6.45, 7) is 4.00. The Morgan fingerprint density at radius 2 is 1.14 bits per heavy atom. The minimum Gasteiger partial charge on any atom is -0.481 e. The zero-order chi connectivity index (χ0) is 20.9. The van der Waals surface area contributed by atoms with Crippen molar-refractivity contribution >= 4 is 29.8 Å². The number of hydrogen-bond acceptors (Lipinski definition) is 1. The molecule has 0 heterocycles. The van der Waals surface area contributed by atoms with E-state index in [1.54, 1.807) is 0 Å². The molecule has 0 saturated carbocycles. The second kappa shape index (κ2) is 12.9. The number of carboxylic acid groups (broad SMARTS) is 1. The van der Waals surface area contributed by atoms with Crippen LogP contribution in [-0.4, -0.2) is 11.1 Å². The largest absolute Gasteiger partial charge is 0.481 e. The van der Waals surface area contributed by atoms with Crippen LogP contribution < -0.4 is 15.9 Å². The molecule has 0 fully saturated rings. The van der Waals surface area contributed by atoms with Crippen molar-refractivity contribution in [3.63, 3.8) is 0 Å². The number of carbonyl (C=O) groups is 1. The fourth-order valence-corrected chi connectivity index (χ4v) is 5.44. The minimum absolute atomic E-state index is 0.111. The zero-order valence-corrected chi connectivity index (χ0v) is 18.3. The second-order valence-electron chi connectivity index (χ2n) is 6.93. The van der Waals surface area contributed by atoms with Gasteiger partial charge in [-0.05, 0) is 36.7 Å². The van der Waals surface area contributed by atoms with Crippen LogP contribution >= 0.6 is 7.92 Å². The Morgan fingerprint density at radius 1 is 0.759 bits per heavy atom. The maximum absolute atomic E-state index is 10.4. The van der Waals surface area contributed by atoms with Gasteiger partial charge in [-0.25, -0.2) is 0 Å². The Hall–Kier alpha value is -2.44. The van der Waals surface area contributed by atoms with Crippen molar-refractivity contribution in [1.82, 2.24) is 0 Å². The number of aliphatic carboxylic acids is 1. The van der Waals surface area contributed by atoms with Crippen LogP contribution in [-0.2, 0) is 4.79 Å². The van der Waals surface area contributed by atoms with E-state index in [1.807, 2.05) is 6.92 Å².